The Bertz CT molecular complexity index is 693. The van der Waals surface area contributed by atoms with Gasteiger partial charge in [0.25, 0.3) is 0 Å². The predicted octanol–water partition coefficient (Wildman–Crippen LogP) is 2.34. The van der Waals surface area contributed by atoms with Crippen LogP contribution in [0, 0.1) is 12.3 Å². The molecule has 1 aliphatic heterocycles. The molecule has 2 aromatic rings. The first kappa shape index (κ1) is 13.9. The Labute approximate surface area is 127 Å². The van der Waals surface area contributed by atoms with Gasteiger partial charge in [-0.05, 0) is 17.7 Å². The maximum absolute atomic E-state index is 5.56. The highest BCUT2D eigenvalue weighted by molar-refractivity contribution is 5.79. The SMILES string of the molecule is C#CCOc1ccc(C2CC(Oc3cncnc3)=NO2)cc1. The first-order valence-electron chi connectivity index (χ1n) is 6.67. The fourth-order valence-electron chi connectivity index (χ4n) is 1.97. The normalized spacial score (nSPS) is 16.3. The van der Waals surface area contributed by atoms with Crippen molar-refractivity contribution in [2.45, 2.75) is 12.5 Å². The van der Waals surface area contributed by atoms with Crippen LogP contribution in [0.2, 0.25) is 0 Å². The molecule has 0 aliphatic carbocycles. The van der Waals surface area contributed by atoms with Gasteiger partial charge >= 0.3 is 0 Å². The maximum Gasteiger partial charge on any atom is 0.235 e. The number of oxime groups is 1. The molecule has 6 nitrogen and oxygen atoms in total. The van der Waals surface area contributed by atoms with Crippen molar-refractivity contribution in [3.63, 3.8) is 0 Å². The summed E-state index contributed by atoms with van der Waals surface area (Å²) in [6, 6.07) is 7.53. The van der Waals surface area contributed by atoms with Crippen LogP contribution in [-0.2, 0) is 4.84 Å². The van der Waals surface area contributed by atoms with Crippen molar-refractivity contribution in [3.8, 4) is 23.8 Å². The van der Waals surface area contributed by atoms with Gasteiger partial charge in [0.05, 0.1) is 18.8 Å². The molecule has 6 heteroatoms. The minimum Gasteiger partial charge on any atom is -0.481 e. The molecule has 0 fully saturated rings. The summed E-state index contributed by atoms with van der Waals surface area (Å²) >= 11 is 0. The minimum atomic E-state index is -0.179. The van der Waals surface area contributed by atoms with Crippen LogP contribution < -0.4 is 9.47 Å². The molecule has 0 amide bonds. The number of rotatable bonds is 4. The van der Waals surface area contributed by atoms with Crippen LogP contribution >= 0.6 is 0 Å². The zero-order valence-electron chi connectivity index (χ0n) is 11.7. The number of hydrogen-bond donors (Lipinski definition) is 0. The number of aromatic nitrogens is 2. The van der Waals surface area contributed by atoms with Crippen molar-refractivity contribution in [2.75, 3.05) is 6.61 Å². The Morgan fingerprint density at radius 1 is 1.18 bits per heavy atom. The topological polar surface area (TPSA) is 65.8 Å². The molecule has 0 radical (unpaired) electrons. The Morgan fingerprint density at radius 3 is 2.68 bits per heavy atom. The largest absolute Gasteiger partial charge is 0.481 e. The predicted molar refractivity (Wildman–Crippen MR) is 79.3 cm³/mol. The van der Waals surface area contributed by atoms with E-state index in [4.69, 9.17) is 20.7 Å². The second kappa shape index (κ2) is 6.59. The first-order chi connectivity index (χ1) is 10.8. The lowest BCUT2D eigenvalue weighted by Gasteiger charge is -2.09. The molecule has 0 saturated carbocycles. The van der Waals surface area contributed by atoms with Gasteiger partial charge in [0.15, 0.2) is 11.9 Å². The molecule has 0 bridgehead atoms. The molecule has 1 atom stereocenters. The number of terminal acetylenes is 1. The third-order valence-electron chi connectivity index (χ3n) is 2.99. The van der Waals surface area contributed by atoms with Crippen LogP contribution in [0.1, 0.15) is 18.1 Å². The van der Waals surface area contributed by atoms with Gasteiger partial charge in [0.1, 0.15) is 18.7 Å². The van der Waals surface area contributed by atoms with Crippen LogP contribution in [0.15, 0.2) is 48.1 Å². The van der Waals surface area contributed by atoms with E-state index in [2.05, 4.69) is 21.0 Å². The zero-order chi connectivity index (χ0) is 15.2. The number of nitrogens with zero attached hydrogens (tertiary/aromatic N) is 3. The Hall–Kier alpha value is -3.07. The molecule has 2 heterocycles. The lowest BCUT2D eigenvalue weighted by Crippen LogP contribution is -2.07. The van der Waals surface area contributed by atoms with Crippen molar-refractivity contribution in [1.82, 2.24) is 9.97 Å². The van der Waals surface area contributed by atoms with Crippen molar-refractivity contribution < 1.29 is 14.3 Å². The molecule has 22 heavy (non-hydrogen) atoms. The van der Waals surface area contributed by atoms with Crippen molar-refractivity contribution >= 4 is 5.90 Å². The van der Waals surface area contributed by atoms with Crippen molar-refractivity contribution in [2.24, 2.45) is 5.16 Å². The summed E-state index contributed by atoms with van der Waals surface area (Å²) in [5, 5.41) is 3.94. The van der Waals surface area contributed by atoms with Crippen molar-refractivity contribution in [3.05, 3.63) is 48.5 Å². The minimum absolute atomic E-state index is 0.179. The van der Waals surface area contributed by atoms with Gasteiger partial charge in [0, 0.05) is 0 Å². The van der Waals surface area contributed by atoms with E-state index < -0.39 is 0 Å². The summed E-state index contributed by atoms with van der Waals surface area (Å²) in [7, 11) is 0. The van der Waals surface area contributed by atoms with Gasteiger partial charge < -0.3 is 14.3 Å². The first-order valence-corrected chi connectivity index (χ1v) is 6.67. The van der Waals surface area contributed by atoms with E-state index >= 15 is 0 Å². The molecule has 110 valence electrons. The summed E-state index contributed by atoms with van der Waals surface area (Å²) in [5.74, 6) is 4.17. The van der Waals surface area contributed by atoms with Crippen LogP contribution in [0.5, 0.6) is 11.5 Å². The molecule has 1 aliphatic rings. The Morgan fingerprint density at radius 2 is 1.95 bits per heavy atom. The third kappa shape index (κ3) is 3.33. The van der Waals surface area contributed by atoms with Gasteiger partial charge in [-0.3, -0.25) is 0 Å². The maximum atomic E-state index is 5.56. The van der Waals surface area contributed by atoms with E-state index in [0.29, 0.717) is 18.1 Å². The smallest absolute Gasteiger partial charge is 0.235 e. The molecule has 3 rings (SSSR count). The molecule has 0 N–H and O–H groups in total. The molecule has 0 spiro atoms. The quantitative estimate of drug-likeness (QED) is 0.810. The molecule has 1 unspecified atom stereocenters. The lowest BCUT2D eigenvalue weighted by molar-refractivity contribution is 0.0855. The monoisotopic (exact) mass is 295 g/mol. The van der Waals surface area contributed by atoms with Gasteiger partial charge in [-0.1, -0.05) is 23.2 Å². The number of hydrogen-bond acceptors (Lipinski definition) is 6. The van der Waals surface area contributed by atoms with E-state index in [1.54, 1.807) is 12.4 Å². The summed E-state index contributed by atoms with van der Waals surface area (Å²) < 4.78 is 10.9. The second-order valence-corrected chi connectivity index (χ2v) is 4.52. The van der Waals surface area contributed by atoms with E-state index in [0.717, 1.165) is 11.3 Å². The van der Waals surface area contributed by atoms with E-state index in [1.807, 2.05) is 24.3 Å². The standard InChI is InChI=1S/C16H13N3O3/c1-2-7-20-13-5-3-12(4-6-13)15-8-16(19-22-15)21-14-9-17-11-18-10-14/h1,3-6,9-11,15H,7-8H2. The third-order valence-corrected chi connectivity index (χ3v) is 2.99. The van der Waals surface area contributed by atoms with Gasteiger partial charge in [-0.25, -0.2) is 9.97 Å². The van der Waals surface area contributed by atoms with Crippen LogP contribution in [0.3, 0.4) is 0 Å². The second-order valence-electron chi connectivity index (χ2n) is 4.52. The molecular formula is C16H13N3O3. The zero-order valence-corrected chi connectivity index (χ0v) is 11.7. The summed E-state index contributed by atoms with van der Waals surface area (Å²) in [6.45, 7) is 0.250. The summed E-state index contributed by atoms with van der Waals surface area (Å²) in [4.78, 5) is 13.2. The summed E-state index contributed by atoms with van der Waals surface area (Å²) in [5.41, 5.74) is 0.986. The van der Waals surface area contributed by atoms with Gasteiger partial charge in [-0.15, -0.1) is 6.42 Å². The van der Waals surface area contributed by atoms with Crippen LogP contribution in [0.4, 0.5) is 0 Å². The highest BCUT2D eigenvalue weighted by atomic mass is 16.7. The number of benzene rings is 1. The summed E-state index contributed by atoms with van der Waals surface area (Å²) in [6.07, 6.45) is 10.1. The lowest BCUT2D eigenvalue weighted by atomic mass is 10.1. The van der Waals surface area contributed by atoms with Crippen molar-refractivity contribution in [1.29, 1.82) is 0 Å². The van der Waals surface area contributed by atoms with Crippen LogP contribution in [0.25, 0.3) is 0 Å². The highest BCUT2D eigenvalue weighted by Gasteiger charge is 2.24. The van der Waals surface area contributed by atoms with Crippen LogP contribution in [-0.4, -0.2) is 22.5 Å². The van der Waals surface area contributed by atoms with E-state index in [1.165, 1.54) is 6.33 Å². The van der Waals surface area contributed by atoms with Gasteiger partial charge in [-0.2, -0.15) is 0 Å². The Balaban J connectivity index is 1.58. The highest BCUT2D eigenvalue weighted by Crippen LogP contribution is 2.29. The molecular weight excluding hydrogens is 282 g/mol. The fourth-order valence-corrected chi connectivity index (χ4v) is 1.97. The number of ether oxygens (including phenoxy) is 2. The van der Waals surface area contributed by atoms with E-state index in [9.17, 15) is 0 Å². The average Bonchev–Trinajstić information content (AvgIpc) is 3.03. The Kier molecular flexibility index (Phi) is 4.16. The molecule has 1 aromatic carbocycles. The molecule has 0 saturated heterocycles. The van der Waals surface area contributed by atoms with Gasteiger partial charge in [0.2, 0.25) is 5.90 Å². The average molecular weight is 295 g/mol. The fraction of sp³-hybridized carbons (Fsp3) is 0.188. The van der Waals surface area contributed by atoms with E-state index in [-0.39, 0.29) is 12.7 Å². The molecule has 1 aromatic heterocycles.